The summed E-state index contributed by atoms with van der Waals surface area (Å²) in [5.74, 6) is -0.191. The first-order chi connectivity index (χ1) is 22.7. The lowest BCUT2D eigenvalue weighted by atomic mass is 9.91. The van der Waals surface area contributed by atoms with Crippen LogP contribution in [-0.4, -0.2) is 74.5 Å². The second kappa shape index (κ2) is 12.6. The first-order valence-electron chi connectivity index (χ1n) is 16.5. The topological polar surface area (TPSA) is 150 Å². The highest BCUT2D eigenvalue weighted by molar-refractivity contribution is 5.87. The van der Waals surface area contributed by atoms with Crippen LogP contribution in [0.15, 0.2) is 67.0 Å². The van der Waals surface area contributed by atoms with Gasteiger partial charge in [-0.05, 0) is 44.2 Å². The van der Waals surface area contributed by atoms with Gasteiger partial charge in [-0.25, -0.2) is 4.98 Å². The molecule has 7 rings (SSSR count). The second-order valence-corrected chi connectivity index (χ2v) is 13.1. The first kappa shape index (κ1) is 31.1. The number of imidazole rings is 1. The van der Waals surface area contributed by atoms with E-state index in [-0.39, 0.29) is 36.1 Å². The lowest BCUT2D eigenvalue weighted by molar-refractivity contribution is -0.158. The van der Waals surface area contributed by atoms with Crippen LogP contribution in [0.4, 0.5) is 11.8 Å². The molecule has 47 heavy (non-hydrogen) atoms. The number of fused-ring (bicyclic) bond motifs is 2. The standard InChI is InChI=1S/C35H42N8O4/c1-4-27(44)39-24-18-26(30-29(24)46-35(2,3)47-30)43-20-38-28-32(40-34(41-33(28)43)42-17-11-16-25(42)31(36)45)37-19-23(21-12-7-5-8-13-21)22-14-9-6-10-15-22/h5-10,12-15,20,23-26,29-30H,4,11,16-19H2,1-3H3,(H2,36,45)(H,39,44)(H,37,40,41)/t24-,25+,26+,29+,30-/m0/s1. The molecule has 1 saturated carbocycles. The molecule has 2 saturated heterocycles. The predicted molar refractivity (Wildman–Crippen MR) is 178 cm³/mol. The SMILES string of the molecule is CCC(=O)N[C@H]1C[C@@H](n2cnc3c(NCC(c4ccccc4)c4ccccc4)nc(N4CCC[C@@H]4C(N)=O)nc32)[C@@H]2OC(C)(C)O[C@@H]21. The molecule has 246 valence electrons. The van der Waals surface area contributed by atoms with E-state index in [0.717, 1.165) is 6.42 Å². The molecule has 3 aliphatic rings. The fourth-order valence-electron chi connectivity index (χ4n) is 7.38. The van der Waals surface area contributed by atoms with Crippen LogP contribution in [0.3, 0.4) is 0 Å². The summed E-state index contributed by atoms with van der Waals surface area (Å²) in [5.41, 5.74) is 9.40. The molecule has 1 aliphatic carbocycles. The second-order valence-electron chi connectivity index (χ2n) is 13.1. The Morgan fingerprint density at radius 1 is 1.02 bits per heavy atom. The lowest BCUT2D eigenvalue weighted by Gasteiger charge is -2.25. The number of carbonyl (C=O) groups excluding carboxylic acids is 2. The molecule has 5 atom stereocenters. The van der Waals surface area contributed by atoms with Crippen molar-refractivity contribution < 1.29 is 19.1 Å². The van der Waals surface area contributed by atoms with Gasteiger partial charge in [0.1, 0.15) is 18.2 Å². The minimum Gasteiger partial charge on any atom is -0.368 e. The minimum atomic E-state index is -0.805. The maximum atomic E-state index is 12.5. The van der Waals surface area contributed by atoms with Crippen molar-refractivity contribution in [2.45, 2.75) is 88.5 Å². The molecular formula is C35H42N8O4. The van der Waals surface area contributed by atoms with Crippen molar-refractivity contribution in [1.29, 1.82) is 0 Å². The predicted octanol–water partition coefficient (Wildman–Crippen LogP) is 3.88. The molecule has 2 aliphatic heterocycles. The molecule has 4 aromatic rings. The van der Waals surface area contributed by atoms with E-state index in [4.69, 9.17) is 30.2 Å². The Balaban J connectivity index is 1.29. The highest BCUT2D eigenvalue weighted by atomic mass is 16.8. The maximum absolute atomic E-state index is 12.5. The molecule has 12 heteroatoms. The summed E-state index contributed by atoms with van der Waals surface area (Å²) in [6.07, 6.45) is 3.55. The number of rotatable bonds is 10. The van der Waals surface area contributed by atoms with Gasteiger partial charge in [0, 0.05) is 25.4 Å². The molecule has 12 nitrogen and oxygen atoms in total. The van der Waals surface area contributed by atoms with Crippen LogP contribution in [0.5, 0.6) is 0 Å². The fourth-order valence-corrected chi connectivity index (χ4v) is 7.38. The third-order valence-electron chi connectivity index (χ3n) is 9.58. The van der Waals surface area contributed by atoms with E-state index in [1.807, 2.05) is 66.6 Å². The summed E-state index contributed by atoms with van der Waals surface area (Å²) in [4.78, 5) is 41.7. The van der Waals surface area contributed by atoms with E-state index in [0.29, 0.717) is 55.3 Å². The molecular weight excluding hydrogens is 596 g/mol. The number of benzene rings is 2. The number of primary amides is 1. The van der Waals surface area contributed by atoms with Crippen LogP contribution in [0.25, 0.3) is 11.2 Å². The monoisotopic (exact) mass is 638 g/mol. The molecule has 2 amide bonds. The van der Waals surface area contributed by atoms with E-state index in [9.17, 15) is 9.59 Å². The van der Waals surface area contributed by atoms with Crippen LogP contribution in [0, 0.1) is 0 Å². The van der Waals surface area contributed by atoms with Crippen LogP contribution in [-0.2, 0) is 19.1 Å². The van der Waals surface area contributed by atoms with Gasteiger partial charge in [0.15, 0.2) is 22.8 Å². The zero-order valence-corrected chi connectivity index (χ0v) is 27.0. The van der Waals surface area contributed by atoms with Crippen molar-refractivity contribution in [2.24, 2.45) is 5.73 Å². The van der Waals surface area contributed by atoms with Crippen molar-refractivity contribution in [2.75, 3.05) is 23.3 Å². The van der Waals surface area contributed by atoms with Crippen molar-refractivity contribution in [1.82, 2.24) is 24.8 Å². The Morgan fingerprint density at radius 3 is 2.36 bits per heavy atom. The highest BCUT2D eigenvalue weighted by Gasteiger charge is 2.55. The van der Waals surface area contributed by atoms with E-state index in [1.54, 1.807) is 6.33 Å². The molecule has 3 fully saturated rings. The Labute approximate surface area is 274 Å². The van der Waals surface area contributed by atoms with E-state index >= 15 is 0 Å². The Bertz CT molecular complexity index is 1710. The lowest BCUT2D eigenvalue weighted by Crippen LogP contribution is -2.42. The van der Waals surface area contributed by atoms with Crippen molar-refractivity contribution in [3.05, 3.63) is 78.1 Å². The Morgan fingerprint density at radius 2 is 1.70 bits per heavy atom. The van der Waals surface area contributed by atoms with Gasteiger partial charge in [0.05, 0.1) is 18.4 Å². The van der Waals surface area contributed by atoms with Gasteiger partial charge in [-0.1, -0.05) is 67.6 Å². The van der Waals surface area contributed by atoms with Crippen molar-refractivity contribution in [3.63, 3.8) is 0 Å². The molecule has 0 unspecified atom stereocenters. The van der Waals surface area contributed by atoms with Gasteiger partial charge < -0.3 is 35.3 Å². The number of anilines is 2. The van der Waals surface area contributed by atoms with E-state index in [1.165, 1.54) is 11.1 Å². The van der Waals surface area contributed by atoms with Gasteiger partial charge in [0.2, 0.25) is 17.8 Å². The molecule has 0 spiro atoms. The third-order valence-corrected chi connectivity index (χ3v) is 9.58. The molecule has 4 heterocycles. The van der Waals surface area contributed by atoms with Gasteiger partial charge in [-0.15, -0.1) is 0 Å². The minimum absolute atomic E-state index is 0.0350. The third kappa shape index (κ3) is 6.03. The number of carbonyl (C=O) groups is 2. The average molecular weight is 639 g/mol. The number of amides is 2. The van der Waals surface area contributed by atoms with Crippen molar-refractivity contribution >= 4 is 34.7 Å². The number of ether oxygens (including phenoxy) is 2. The summed E-state index contributed by atoms with van der Waals surface area (Å²) < 4.78 is 14.8. The maximum Gasteiger partial charge on any atom is 0.240 e. The zero-order chi connectivity index (χ0) is 32.7. The summed E-state index contributed by atoms with van der Waals surface area (Å²) >= 11 is 0. The Hall–Kier alpha value is -4.55. The summed E-state index contributed by atoms with van der Waals surface area (Å²) in [6, 6.07) is 19.8. The average Bonchev–Trinajstić information content (AvgIpc) is 3.85. The number of nitrogens with zero attached hydrogens (tertiary/aromatic N) is 5. The number of nitrogens with two attached hydrogens (primary N) is 1. The van der Waals surface area contributed by atoms with Crippen LogP contribution >= 0.6 is 0 Å². The summed E-state index contributed by atoms with van der Waals surface area (Å²) in [5, 5.41) is 6.76. The van der Waals surface area contributed by atoms with Gasteiger partial charge in [-0.3, -0.25) is 9.59 Å². The van der Waals surface area contributed by atoms with Crippen LogP contribution in [0.1, 0.15) is 69.5 Å². The fraction of sp³-hybridized carbons (Fsp3) is 0.457. The zero-order valence-electron chi connectivity index (χ0n) is 27.0. The number of hydrogen-bond acceptors (Lipinski definition) is 9. The van der Waals surface area contributed by atoms with Gasteiger partial charge in [0.25, 0.3) is 0 Å². The molecule has 4 N–H and O–H groups in total. The molecule has 2 aromatic carbocycles. The number of aromatic nitrogens is 4. The molecule has 2 aromatic heterocycles. The first-order valence-corrected chi connectivity index (χ1v) is 16.5. The molecule has 0 bridgehead atoms. The molecule has 0 radical (unpaired) electrons. The van der Waals surface area contributed by atoms with E-state index < -0.39 is 17.7 Å². The number of hydrogen-bond donors (Lipinski definition) is 3. The smallest absolute Gasteiger partial charge is 0.240 e. The van der Waals surface area contributed by atoms with Crippen LogP contribution < -0.4 is 21.3 Å². The van der Waals surface area contributed by atoms with Gasteiger partial charge in [-0.2, -0.15) is 9.97 Å². The summed E-state index contributed by atoms with van der Waals surface area (Å²) in [7, 11) is 0. The van der Waals surface area contributed by atoms with E-state index in [2.05, 4.69) is 34.9 Å². The highest BCUT2D eigenvalue weighted by Crippen LogP contribution is 2.45. The van der Waals surface area contributed by atoms with Gasteiger partial charge >= 0.3 is 0 Å². The number of nitrogens with one attached hydrogen (secondary N) is 2. The summed E-state index contributed by atoms with van der Waals surface area (Å²) in [6.45, 7) is 6.79. The van der Waals surface area contributed by atoms with Crippen molar-refractivity contribution in [3.8, 4) is 0 Å². The normalized spacial score (nSPS) is 24.9. The Kier molecular flexibility index (Phi) is 8.31. The largest absolute Gasteiger partial charge is 0.368 e. The van der Waals surface area contributed by atoms with Crippen LogP contribution in [0.2, 0.25) is 0 Å². The quantitative estimate of drug-likeness (QED) is 0.235.